The van der Waals surface area contributed by atoms with Gasteiger partial charge in [-0.15, -0.1) is 0 Å². The average Bonchev–Trinajstić information content (AvgIpc) is 2.46. The number of nitrogens with zero attached hydrogens (tertiary/aromatic N) is 2. The summed E-state index contributed by atoms with van der Waals surface area (Å²) < 4.78 is 5.44. The van der Waals surface area contributed by atoms with Crippen LogP contribution in [0.25, 0.3) is 0 Å². The Morgan fingerprint density at radius 3 is 2.43 bits per heavy atom. The Balaban J connectivity index is 1.82. The Labute approximate surface area is 136 Å². The molecule has 1 aliphatic rings. The molecule has 23 heavy (non-hydrogen) atoms. The minimum atomic E-state index is -1.02. The van der Waals surface area contributed by atoms with Gasteiger partial charge in [0.15, 0.2) is 0 Å². The number of likely N-dealkylation sites (tertiary alicyclic amines) is 1. The van der Waals surface area contributed by atoms with E-state index in [1.165, 1.54) is 6.07 Å². The highest BCUT2D eigenvalue weighted by molar-refractivity contribution is 5.85. The van der Waals surface area contributed by atoms with Gasteiger partial charge in [-0.1, -0.05) is 6.07 Å². The van der Waals surface area contributed by atoms with Crippen molar-refractivity contribution in [3.8, 4) is 0 Å². The van der Waals surface area contributed by atoms with Gasteiger partial charge in [0.05, 0.1) is 5.92 Å². The van der Waals surface area contributed by atoms with Crippen molar-refractivity contribution in [2.45, 2.75) is 45.8 Å². The third-order valence-corrected chi connectivity index (χ3v) is 3.78. The highest BCUT2D eigenvalue weighted by atomic mass is 16.6. The number of piperidine rings is 1. The lowest BCUT2D eigenvalue weighted by molar-refractivity contribution is -0.161. The third kappa shape index (κ3) is 5.32. The van der Waals surface area contributed by atoms with E-state index in [1.807, 2.05) is 20.8 Å². The molecule has 1 aromatic rings. The van der Waals surface area contributed by atoms with Crippen molar-refractivity contribution in [1.29, 1.82) is 0 Å². The fraction of sp³-hybridized carbons (Fsp3) is 0.588. The van der Waals surface area contributed by atoms with Crippen LogP contribution < -0.4 is 0 Å². The number of aromatic nitrogens is 1. The smallest absolute Gasteiger partial charge is 0.354 e. The fourth-order valence-corrected chi connectivity index (χ4v) is 2.61. The Bertz CT molecular complexity index is 555. The molecule has 1 aromatic heterocycles. The van der Waals surface area contributed by atoms with Crippen molar-refractivity contribution in [3.05, 3.63) is 29.6 Å². The molecule has 0 aromatic carbocycles. The van der Waals surface area contributed by atoms with Crippen LogP contribution in [0.5, 0.6) is 0 Å². The summed E-state index contributed by atoms with van der Waals surface area (Å²) in [5, 5.41) is 8.84. The molecule has 6 heteroatoms. The minimum absolute atomic E-state index is 0.0296. The largest absolute Gasteiger partial charge is 0.477 e. The molecular formula is C17H24N2O4. The number of carboxylic acids is 1. The molecule has 1 N–H and O–H groups in total. The summed E-state index contributed by atoms with van der Waals surface area (Å²) in [6.45, 7) is 8.01. The summed E-state index contributed by atoms with van der Waals surface area (Å²) in [5.41, 5.74) is 0.592. The number of ether oxygens (including phenoxy) is 1. The molecule has 2 rings (SSSR count). The van der Waals surface area contributed by atoms with Crippen molar-refractivity contribution >= 4 is 11.9 Å². The van der Waals surface area contributed by atoms with Crippen molar-refractivity contribution in [2.24, 2.45) is 5.92 Å². The number of carbonyl (C=O) groups excluding carboxylic acids is 1. The van der Waals surface area contributed by atoms with Crippen molar-refractivity contribution in [1.82, 2.24) is 9.88 Å². The van der Waals surface area contributed by atoms with Crippen LogP contribution in [-0.4, -0.2) is 45.6 Å². The number of carboxylic acid groups (broad SMARTS) is 1. The molecule has 1 saturated heterocycles. The van der Waals surface area contributed by atoms with E-state index in [1.54, 1.807) is 12.3 Å². The first-order chi connectivity index (χ1) is 10.7. The van der Waals surface area contributed by atoms with Gasteiger partial charge < -0.3 is 9.84 Å². The number of rotatable bonds is 4. The van der Waals surface area contributed by atoms with E-state index in [-0.39, 0.29) is 17.6 Å². The summed E-state index contributed by atoms with van der Waals surface area (Å²) in [5.74, 6) is -1.16. The molecule has 1 fully saturated rings. The number of hydrogen-bond acceptors (Lipinski definition) is 5. The molecule has 0 saturated carbocycles. The molecule has 0 aliphatic carbocycles. The molecule has 2 heterocycles. The summed E-state index contributed by atoms with van der Waals surface area (Å²) in [7, 11) is 0. The van der Waals surface area contributed by atoms with Crippen LogP contribution in [0.4, 0.5) is 0 Å². The maximum absolute atomic E-state index is 12.1. The van der Waals surface area contributed by atoms with E-state index < -0.39 is 11.6 Å². The van der Waals surface area contributed by atoms with Gasteiger partial charge in [0.25, 0.3) is 0 Å². The summed E-state index contributed by atoms with van der Waals surface area (Å²) in [6.07, 6.45) is 3.18. The molecule has 0 spiro atoms. The molecule has 0 atom stereocenters. The number of carbonyl (C=O) groups is 2. The number of hydrogen-bond donors (Lipinski definition) is 1. The average molecular weight is 320 g/mol. The van der Waals surface area contributed by atoms with Crippen molar-refractivity contribution in [2.75, 3.05) is 13.1 Å². The predicted molar refractivity (Wildman–Crippen MR) is 85.0 cm³/mol. The number of aromatic carboxylic acids is 1. The van der Waals surface area contributed by atoms with Crippen LogP contribution in [0.1, 0.15) is 49.7 Å². The minimum Gasteiger partial charge on any atom is -0.477 e. The third-order valence-electron chi connectivity index (χ3n) is 3.78. The zero-order chi connectivity index (χ0) is 17.0. The highest BCUT2D eigenvalue weighted by Gasteiger charge is 2.29. The summed E-state index contributed by atoms with van der Waals surface area (Å²) in [4.78, 5) is 29.0. The van der Waals surface area contributed by atoms with Crippen molar-refractivity contribution < 1.29 is 19.4 Å². The lowest BCUT2D eigenvalue weighted by Gasteiger charge is -2.32. The second-order valence-corrected chi connectivity index (χ2v) is 6.94. The maximum atomic E-state index is 12.1. The Hall–Kier alpha value is -1.95. The fourth-order valence-electron chi connectivity index (χ4n) is 2.61. The van der Waals surface area contributed by atoms with Gasteiger partial charge in [-0.3, -0.25) is 9.69 Å². The van der Waals surface area contributed by atoms with Crippen LogP contribution in [0, 0.1) is 5.92 Å². The molecular weight excluding hydrogens is 296 g/mol. The van der Waals surface area contributed by atoms with Crippen LogP contribution in [0.3, 0.4) is 0 Å². The van der Waals surface area contributed by atoms with Gasteiger partial charge >= 0.3 is 11.9 Å². The van der Waals surface area contributed by atoms with E-state index in [0.29, 0.717) is 6.54 Å². The lowest BCUT2D eigenvalue weighted by Crippen LogP contribution is -2.38. The van der Waals surface area contributed by atoms with Crippen LogP contribution in [0.2, 0.25) is 0 Å². The SMILES string of the molecule is CC(C)(C)OC(=O)C1CCN(Cc2ccc(C(=O)O)nc2)CC1. The Morgan fingerprint density at radius 1 is 1.30 bits per heavy atom. The molecule has 0 unspecified atom stereocenters. The van der Waals surface area contributed by atoms with Gasteiger partial charge in [0.1, 0.15) is 11.3 Å². The van der Waals surface area contributed by atoms with Gasteiger partial charge in [0.2, 0.25) is 0 Å². The molecule has 1 aliphatic heterocycles. The topological polar surface area (TPSA) is 79.7 Å². The Morgan fingerprint density at radius 2 is 1.96 bits per heavy atom. The first-order valence-electron chi connectivity index (χ1n) is 7.88. The van der Waals surface area contributed by atoms with Crippen LogP contribution in [-0.2, 0) is 16.1 Å². The van der Waals surface area contributed by atoms with Crippen LogP contribution in [0.15, 0.2) is 18.3 Å². The molecule has 0 radical (unpaired) electrons. The summed E-state index contributed by atoms with van der Waals surface area (Å²) in [6, 6.07) is 3.31. The first-order valence-corrected chi connectivity index (χ1v) is 7.88. The molecule has 0 bridgehead atoms. The van der Waals surface area contributed by atoms with Crippen molar-refractivity contribution in [3.63, 3.8) is 0 Å². The summed E-state index contributed by atoms with van der Waals surface area (Å²) >= 11 is 0. The zero-order valence-electron chi connectivity index (χ0n) is 13.9. The van der Waals surface area contributed by atoms with E-state index in [0.717, 1.165) is 31.5 Å². The zero-order valence-corrected chi connectivity index (χ0v) is 13.9. The molecule has 0 amide bonds. The second kappa shape index (κ2) is 7.08. The van der Waals surface area contributed by atoms with E-state index in [9.17, 15) is 9.59 Å². The van der Waals surface area contributed by atoms with Crippen LogP contribution >= 0.6 is 0 Å². The molecule has 6 nitrogen and oxygen atoms in total. The number of esters is 1. The standard InChI is InChI=1S/C17H24N2O4/c1-17(2,3)23-16(22)13-6-8-19(9-7-13)11-12-4-5-14(15(20)21)18-10-12/h4-5,10,13H,6-9,11H2,1-3H3,(H,20,21). The number of pyridine rings is 1. The van der Waals surface area contributed by atoms with E-state index in [4.69, 9.17) is 9.84 Å². The van der Waals surface area contributed by atoms with Gasteiger partial charge in [0, 0.05) is 12.7 Å². The highest BCUT2D eigenvalue weighted by Crippen LogP contribution is 2.22. The van der Waals surface area contributed by atoms with E-state index in [2.05, 4.69) is 9.88 Å². The predicted octanol–water partition coefficient (Wildman–Crippen LogP) is 2.33. The Kier molecular flexibility index (Phi) is 5.36. The van der Waals surface area contributed by atoms with Gasteiger partial charge in [-0.2, -0.15) is 0 Å². The monoisotopic (exact) mass is 320 g/mol. The quantitative estimate of drug-likeness (QED) is 0.858. The maximum Gasteiger partial charge on any atom is 0.354 e. The lowest BCUT2D eigenvalue weighted by atomic mass is 9.96. The second-order valence-electron chi connectivity index (χ2n) is 6.94. The van der Waals surface area contributed by atoms with E-state index >= 15 is 0 Å². The van der Waals surface area contributed by atoms with Gasteiger partial charge in [-0.25, -0.2) is 9.78 Å². The molecule has 126 valence electrons. The first kappa shape index (κ1) is 17.4. The van der Waals surface area contributed by atoms with Gasteiger partial charge in [-0.05, 0) is 58.3 Å². The normalized spacial score (nSPS) is 17.0.